The average molecular weight is 429 g/mol. The third-order valence-electron chi connectivity index (χ3n) is 4.86. The maximum atomic E-state index is 12.9. The van der Waals surface area contributed by atoms with Crippen molar-refractivity contribution in [3.63, 3.8) is 0 Å². The lowest BCUT2D eigenvalue weighted by Crippen LogP contribution is -2.56. The molecular formula is C19H29FN4O4S. The van der Waals surface area contributed by atoms with E-state index in [4.69, 9.17) is 0 Å². The van der Waals surface area contributed by atoms with Crippen molar-refractivity contribution in [1.29, 1.82) is 0 Å². The van der Waals surface area contributed by atoms with Crippen molar-refractivity contribution in [3.8, 4) is 0 Å². The average Bonchev–Trinajstić information content (AvgIpc) is 2.72. The molecule has 0 spiro atoms. The molecule has 0 bridgehead atoms. The molecular weight excluding hydrogens is 399 g/mol. The Morgan fingerprint density at radius 2 is 1.72 bits per heavy atom. The van der Waals surface area contributed by atoms with Crippen LogP contribution in [-0.2, 0) is 21.4 Å². The summed E-state index contributed by atoms with van der Waals surface area (Å²) in [5, 5.41) is 5.37. The Bertz CT molecular complexity index is 793. The van der Waals surface area contributed by atoms with Gasteiger partial charge in [-0.05, 0) is 31.0 Å². The number of nitrogens with one attached hydrogen (secondary N) is 2. The van der Waals surface area contributed by atoms with E-state index in [2.05, 4.69) is 10.6 Å². The molecule has 162 valence electrons. The van der Waals surface area contributed by atoms with Crippen molar-refractivity contribution in [2.75, 3.05) is 31.9 Å². The van der Waals surface area contributed by atoms with Crippen molar-refractivity contribution in [1.82, 2.24) is 19.8 Å². The number of hydrogen-bond acceptors (Lipinski definition) is 4. The number of hydrogen-bond donors (Lipinski definition) is 2. The summed E-state index contributed by atoms with van der Waals surface area (Å²) in [6.07, 6.45) is 1.19. The lowest BCUT2D eigenvalue weighted by atomic mass is 10.1. The fourth-order valence-corrected chi connectivity index (χ4v) is 4.21. The third kappa shape index (κ3) is 6.67. The van der Waals surface area contributed by atoms with E-state index in [0.717, 1.165) is 5.56 Å². The highest BCUT2D eigenvalue weighted by Crippen LogP contribution is 2.11. The molecule has 0 saturated carbocycles. The Balaban J connectivity index is 1.88. The molecule has 1 aromatic carbocycles. The predicted molar refractivity (Wildman–Crippen MR) is 108 cm³/mol. The zero-order valence-corrected chi connectivity index (χ0v) is 17.7. The number of halogens is 1. The number of rotatable bonds is 8. The molecule has 10 heteroatoms. The summed E-state index contributed by atoms with van der Waals surface area (Å²) in [4.78, 5) is 26.7. The second kappa shape index (κ2) is 10.5. The second-order valence-corrected chi connectivity index (χ2v) is 9.18. The lowest BCUT2D eigenvalue weighted by molar-refractivity contribution is -0.134. The molecule has 1 aliphatic heterocycles. The van der Waals surface area contributed by atoms with E-state index in [1.54, 1.807) is 24.0 Å². The molecule has 1 heterocycles. The van der Waals surface area contributed by atoms with Gasteiger partial charge in [0.05, 0.1) is 5.75 Å². The topological polar surface area (TPSA) is 98.8 Å². The maximum absolute atomic E-state index is 12.9. The number of piperazine rings is 1. The van der Waals surface area contributed by atoms with Crippen LogP contribution >= 0.6 is 0 Å². The molecule has 1 fully saturated rings. The Hall–Kier alpha value is -2.20. The minimum absolute atomic E-state index is 0.0369. The first-order chi connectivity index (χ1) is 13.8. The zero-order chi connectivity index (χ0) is 21.4. The molecule has 1 aromatic rings. The highest BCUT2D eigenvalue weighted by molar-refractivity contribution is 7.89. The maximum Gasteiger partial charge on any atom is 0.315 e. The summed E-state index contributed by atoms with van der Waals surface area (Å²) in [6.45, 7) is 4.86. The highest BCUT2D eigenvalue weighted by Gasteiger charge is 2.31. The van der Waals surface area contributed by atoms with Gasteiger partial charge >= 0.3 is 6.03 Å². The first kappa shape index (κ1) is 23.1. The van der Waals surface area contributed by atoms with Crippen LogP contribution in [0.15, 0.2) is 24.3 Å². The van der Waals surface area contributed by atoms with E-state index in [0.29, 0.717) is 25.9 Å². The van der Waals surface area contributed by atoms with Crippen molar-refractivity contribution in [2.24, 2.45) is 0 Å². The van der Waals surface area contributed by atoms with E-state index >= 15 is 0 Å². The van der Waals surface area contributed by atoms with E-state index < -0.39 is 22.1 Å². The van der Waals surface area contributed by atoms with Crippen molar-refractivity contribution in [2.45, 2.75) is 39.3 Å². The molecule has 0 aromatic heterocycles. The molecule has 1 saturated heterocycles. The third-order valence-corrected chi connectivity index (χ3v) is 6.74. The normalized spacial score (nSPS) is 16.3. The van der Waals surface area contributed by atoms with Gasteiger partial charge in [-0.3, -0.25) is 4.79 Å². The van der Waals surface area contributed by atoms with Crippen LogP contribution in [0.4, 0.5) is 9.18 Å². The van der Waals surface area contributed by atoms with Crippen LogP contribution in [0.2, 0.25) is 0 Å². The molecule has 2 rings (SSSR count). The second-order valence-electron chi connectivity index (χ2n) is 6.92. The van der Waals surface area contributed by atoms with Gasteiger partial charge in [-0.1, -0.05) is 25.5 Å². The molecule has 3 amide bonds. The van der Waals surface area contributed by atoms with Crippen LogP contribution in [0.25, 0.3) is 0 Å². The fourth-order valence-electron chi connectivity index (χ4n) is 3.13. The van der Waals surface area contributed by atoms with E-state index in [1.165, 1.54) is 16.4 Å². The number of benzene rings is 1. The molecule has 1 atom stereocenters. The Morgan fingerprint density at radius 3 is 2.28 bits per heavy atom. The van der Waals surface area contributed by atoms with Crippen LogP contribution in [0.3, 0.4) is 0 Å². The van der Waals surface area contributed by atoms with Crippen molar-refractivity contribution in [3.05, 3.63) is 35.6 Å². The van der Waals surface area contributed by atoms with Crippen LogP contribution in [0, 0.1) is 5.82 Å². The van der Waals surface area contributed by atoms with Crippen LogP contribution in [0.1, 0.15) is 32.3 Å². The molecule has 0 radical (unpaired) electrons. The summed E-state index contributed by atoms with van der Waals surface area (Å²) in [6, 6.07) is 4.63. The molecule has 0 aliphatic carbocycles. The summed E-state index contributed by atoms with van der Waals surface area (Å²) in [5.41, 5.74) is 0.744. The van der Waals surface area contributed by atoms with Crippen LogP contribution in [-0.4, -0.2) is 67.5 Å². The lowest BCUT2D eigenvalue weighted by Gasteiger charge is -2.35. The van der Waals surface area contributed by atoms with Gasteiger partial charge in [0.15, 0.2) is 0 Å². The zero-order valence-electron chi connectivity index (χ0n) is 16.9. The van der Waals surface area contributed by atoms with Crippen LogP contribution in [0.5, 0.6) is 0 Å². The fraction of sp³-hybridized carbons (Fsp3) is 0.579. The van der Waals surface area contributed by atoms with Crippen LogP contribution < -0.4 is 10.6 Å². The van der Waals surface area contributed by atoms with Gasteiger partial charge in [0.2, 0.25) is 15.9 Å². The predicted octanol–water partition coefficient (Wildman–Crippen LogP) is 1.29. The first-order valence-electron chi connectivity index (χ1n) is 9.82. The van der Waals surface area contributed by atoms with Gasteiger partial charge in [-0.2, -0.15) is 4.31 Å². The van der Waals surface area contributed by atoms with Crippen molar-refractivity contribution < 1.29 is 22.4 Å². The molecule has 2 N–H and O–H groups in total. The number of amides is 3. The molecule has 1 unspecified atom stereocenters. The quantitative estimate of drug-likeness (QED) is 0.652. The van der Waals surface area contributed by atoms with Gasteiger partial charge in [0, 0.05) is 32.7 Å². The Kier molecular flexibility index (Phi) is 8.39. The van der Waals surface area contributed by atoms with E-state index in [9.17, 15) is 22.4 Å². The Labute approximate surface area is 171 Å². The van der Waals surface area contributed by atoms with E-state index in [1.807, 2.05) is 6.92 Å². The first-order valence-corrected chi connectivity index (χ1v) is 11.4. The number of carbonyl (C=O) groups is 2. The summed E-state index contributed by atoms with van der Waals surface area (Å²) < 4.78 is 38.3. The monoisotopic (exact) mass is 428 g/mol. The summed E-state index contributed by atoms with van der Waals surface area (Å²) in [7, 11) is -3.26. The van der Waals surface area contributed by atoms with Crippen molar-refractivity contribution >= 4 is 22.0 Å². The summed E-state index contributed by atoms with van der Waals surface area (Å²) >= 11 is 0. The number of nitrogens with zero attached hydrogens (tertiary/aromatic N) is 2. The molecule has 29 heavy (non-hydrogen) atoms. The van der Waals surface area contributed by atoms with Gasteiger partial charge in [-0.25, -0.2) is 17.6 Å². The number of sulfonamides is 1. The van der Waals surface area contributed by atoms with Gasteiger partial charge in [0.1, 0.15) is 11.9 Å². The van der Waals surface area contributed by atoms with E-state index in [-0.39, 0.29) is 37.1 Å². The van der Waals surface area contributed by atoms with Gasteiger partial charge < -0.3 is 15.5 Å². The van der Waals surface area contributed by atoms with Gasteiger partial charge in [0.25, 0.3) is 0 Å². The summed E-state index contributed by atoms with van der Waals surface area (Å²) in [5.74, 6) is -0.522. The van der Waals surface area contributed by atoms with Gasteiger partial charge in [-0.15, -0.1) is 0 Å². The minimum atomic E-state index is -3.26. The number of urea groups is 1. The SMILES string of the molecule is CCCC(NC(=O)NCc1ccc(F)cc1)C(=O)N1CCN(S(=O)(=O)CC)CC1. The Morgan fingerprint density at radius 1 is 1.10 bits per heavy atom. The molecule has 1 aliphatic rings. The largest absolute Gasteiger partial charge is 0.338 e. The highest BCUT2D eigenvalue weighted by atomic mass is 32.2. The minimum Gasteiger partial charge on any atom is -0.338 e. The standard InChI is InChI=1S/C19H29FN4O4S/c1-3-5-17(22-19(26)21-14-15-6-8-16(20)9-7-15)18(25)23-10-12-24(13-11-23)29(27,28)4-2/h6-9,17H,3-5,10-14H2,1-2H3,(H2,21,22,26). The number of carbonyl (C=O) groups excluding carboxylic acids is 2. The smallest absolute Gasteiger partial charge is 0.315 e. The molecule has 8 nitrogen and oxygen atoms in total.